The summed E-state index contributed by atoms with van der Waals surface area (Å²) in [5, 5.41) is 14.3. The molecule has 1 saturated carbocycles. The molecule has 6 heteroatoms. The molecule has 16 heavy (non-hydrogen) atoms. The van der Waals surface area contributed by atoms with Crippen LogP contribution >= 0.6 is 11.3 Å². The summed E-state index contributed by atoms with van der Waals surface area (Å²) in [7, 11) is 1.57. The fraction of sp³-hybridized carbons (Fsp3) is 0.600. The molecule has 0 bridgehead atoms. The van der Waals surface area contributed by atoms with Gasteiger partial charge in [0.25, 0.3) is 5.91 Å². The van der Waals surface area contributed by atoms with E-state index in [4.69, 9.17) is 4.74 Å². The summed E-state index contributed by atoms with van der Waals surface area (Å²) in [5.41, 5.74) is 2.01. The Balaban J connectivity index is 1.94. The van der Waals surface area contributed by atoms with E-state index in [1.807, 2.05) is 0 Å². The van der Waals surface area contributed by atoms with Crippen LogP contribution in [0.5, 0.6) is 0 Å². The number of ether oxygens (including phenoxy) is 1. The Kier molecular flexibility index (Phi) is 3.52. The first kappa shape index (κ1) is 11.5. The zero-order valence-corrected chi connectivity index (χ0v) is 9.74. The fourth-order valence-electron chi connectivity index (χ4n) is 1.93. The van der Waals surface area contributed by atoms with Gasteiger partial charge in [0, 0.05) is 12.5 Å². The minimum absolute atomic E-state index is 0.180. The van der Waals surface area contributed by atoms with Crippen LogP contribution in [0.3, 0.4) is 0 Å². The summed E-state index contributed by atoms with van der Waals surface area (Å²) in [6.07, 6.45) is 0.684. The molecule has 1 aliphatic rings. The van der Waals surface area contributed by atoms with Crippen molar-refractivity contribution in [2.75, 3.05) is 7.11 Å². The van der Waals surface area contributed by atoms with E-state index in [0.717, 1.165) is 12.8 Å². The number of carbonyl (C=O) groups is 1. The number of aromatic nitrogens is 1. The quantitative estimate of drug-likeness (QED) is 0.805. The maximum Gasteiger partial charge on any atom is 0.271 e. The van der Waals surface area contributed by atoms with Crippen LogP contribution in [0.4, 0.5) is 0 Å². The fourth-order valence-corrected chi connectivity index (χ4v) is 2.46. The summed E-state index contributed by atoms with van der Waals surface area (Å²) < 4.78 is 5.11. The monoisotopic (exact) mass is 242 g/mol. The summed E-state index contributed by atoms with van der Waals surface area (Å²) in [5.74, 6) is -0.234. The number of aliphatic hydroxyl groups excluding tert-OH is 1. The SMILES string of the molecule is CO[C@@H]1CC[C@@H](NC(=O)c2cscn2)[C@H]1O. The lowest BCUT2D eigenvalue weighted by atomic mass is 10.2. The number of aliphatic hydroxyl groups is 1. The largest absolute Gasteiger partial charge is 0.388 e. The first-order valence-electron chi connectivity index (χ1n) is 5.12. The van der Waals surface area contributed by atoms with Crippen LogP contribution in [0.25, 0.3) is 0 Å². The van der Waals surface area contributed by atoms with Gasteiger partial charge in [0.2, 0.25) is 0 Å². The topological polar surface area (TPSA) is 71.5 Å². The van der Waals surface area contributed by atoms with Gasteiger partial charge in [-0.15, -0.1) is 11.3 Å². The van der Waals surface area contributed by atoms with Crippen LogP contribution < -0.4 is 5.32 Å². The number of nitrogens with zero attached hydrogens (tertiary/aromatic N) is 1. The van der Waals surface area contributed by atoms with Gasteiger partial charge in [-0.05, 0) is 12.8 Å². The lowest BCUT2D eigenvalue weighted by Gasteiger charge is -2.19. The molecule has 88 valence electrons. The summed E-state index contributed by atoms with van der Waals surface area (Å²) in [6, 6.07) is -0.237. The van der Waals surface area contributed by atoms with Crippen molar-refractivity contribution in [1.29, 1.82) is 0 Å². The lowest BCUT2D eigenvalue weighted by molar-refractivity contribution is 0.000185. The maximum absolute atomic E-state index is 11.7. The summed E-state index contributed by atoms with van der Waals surface area (Å²) in [6.45, 7) is 0. The molecule has 0 spiro atoms. The van der Waals surface area contributed by atoms with Gasteiger partial charge in [-0.3, -0.25) is 4.79 Å². The Morgan fingerprint density at radius 2 is 2.50 bits per heavy atom. The van der Waals surface area contributed by atoms with E-state index < -0.39 is 6.10 Å². The molecule has 0 unspecified atom stereocenters. The van der Waals surface area contributed by atoms with Crippen molar-refractivity contribution in [2.45, 2.75) is 31.1 Å². The number of thiazole rings is 1. The van der Waals surface area contributed by atoms with Crippen molar-refractivity contribution >= 4 is 17.2 Å². The first-order valence-corrected chi connectivity index (χ1v) is 6.06. The standard InChI is InChI=1S/C10H14N2O3S/c1-15-8-3-2-6(9(8)13)12-10(14)7-4-16-5-11-7/h4-6,8-9,13H,2-3H2,1H3,(H,12,14)/t6-,8-,9-/m1/s1. The van der Waals surface area contributed by atoms with E-state index in [9.17, 15) is 9.90 Å². The molecule has 1 fully saturated rings. The van der Waals surface area contributed by atoms with Crippen LogP contribution in [0.2, 0.25) is 0 Å². The molecule has 0 aromatic carbocycles. The molecule has 5 nitrogen and oxygen atoms in total. The molecule has 1 aromatic heterocycles. The van der Waals surface area contributed by atoms with Crippen molar-refractivity contribution in [1.82, 2.24) is 10.3 Å². The number of hydrogen-bond donors (Lipinski definition) is 2. The van der Waals surface area contributed by atoms with Gasteiger partial charge in [0.15, 0.2) is 0 Å². The smallest absolute Gasteiger partial charge is 0.271 e. The second kappa shape index (κ2) is 4.90. The van der Waals surface area contributed by atoms with Gasteiger partial charge in [-0.1, -0.05) is 0 Å². The number of amides is 1. The molecule has 0 radical (unpaired) electrons. The van der Waals surface area contributed by atoms with Crippen LogP contribution in [0.15, 0.2) is 10.9 Å². The number of hydrogen-bond acceptors (Lipinski definition) is 5. The second-order valence-corrected chi connectivity index (χ2v) is 4.51. The Morgan fingerprint density at radius 3 is 3.06 bits per heavy atom. The highest BCUT2D eigenvalue weighted by atomic mass is 32.1. The molecule has 2 rings (SSSR count). The second-order valence-electron chi connectivity index (χ2n) is 3.80. The average Bonchev–Trinajstić information content (AvgIpc) is 2.89. The van der Waals surface area contributed by atoms with Crippen molar-refractivity contribution in [3.63, 3.8) is 0 Å². The van der Waals surface area contributed by atoms with Gasteiger partial charge >= 0.3 is 0 Å². The van der Waals surface area contributed by atoms with E-state index in [1.54, 1.807) is 18.0 Å². The average molecular weight is 242 g/mol. The predicted molar refractivity (Wildman–Crippen MR) is 59.4 cm³/mol. The molecule has 1 aromatic rings. The third-order valence-electron chi connectivity index (χ3n) is 2.84. The van der Waals surface area contributed by atoms with Crippen molar-refractivity contribution < 1.29 is 14.6 Å². The predicted octanol–water partition coefficient (Wildman–Crippen LogP) is 0.411. The molecule has 2 N–H and O–H groups in total. The molecule has 1 heterocycles. The summed E-state index contributed by atoms with van der Waals surface area (Å²) in [4.78, 5) is 15.6. The number of carbonyl (C=O) groups excluding carboxylic acids is 1. The van der Waals surface area contributed by atoms with Gasteiger partial charge in [0.05, 0.1) is 17.7 Å². The zero-order valence-electron chi connectivity index (χ0n) is 8.92. The van der Waals surface area contributed by atoms with Crippen LogP contribution in [-0.4, -0.2) is 41.4 Å². The number of rotatable bonds is 3. The molecule has 1 aliphatic carbocycles. The van der Waals surface area contributed by atoms with Crippen LogP contribution in [0, 0.1) is 0 Å². The molecule has 3 atom stereocenters. The Bertz CT molecular complexity index is 355. The van der Waals surface area contributed by atoms with Crippen molar-refractivity contribution in [2.24, 2.45) is 0 Å². The van der Waals surface area contributed by atoms with Crippen molar-refractivity contribution in [3.8, 4) is 0 Å². The lowest BCUT2D eigenvalue weighted by Crippen LogP contribution is -2.43. The molecule has 0 saturated heterocycles. The number of nitrogens with one attached hydrogen (secondary N) is 1. The first-order chi connectivity index (χ1) is 7.72. The normalized spacial score (nSPS) is 29.2. The van der Waals surface area contributed by atoms with Crippen LogP contribution in [-0.2, 0) is 4.74 Å². The van der Waals surface area contributed by atoms with E-state index in [1.165, 1.54) is 11.3 Å². The van der Waals surface area contributed by atoms with Gasteiger partial charge in [-0.25, -0.2) is 4.98 Å². The Labute approximate surface area is 97.5 Å². The minimum Gasteiger partial charge on any atom is -0.388 e. The Hall–Kier alpha value is -0.980. The highest BCUT2D eigenvalue weighted by molar-refractivity contribution is 7.07. The van der Waals surface area contributed by atoms with Crippen molar-refractivity contribution in [3.05, 3.63) is 16.6 Å². The van der Waals surface area contributed by atoms with E-state index in [0.29, 0.717) is 5.69 Å². The maximum atomic E-state index is 11.7. The molecule has 1 amide bonds. The highest BCUT2D eigenvalue weighted by Gasteiger charge is 2.35. The third-order valence-corrected chi connectivity index (χ3v) is 3.43. The van der Waals surface area contributed by atoms with E-state index >= 15 is 0 Å². The summed E-state index contributed by atoms with van der Waals surface area (Å²) >= 11 is 1.37. The van der Waals surface area contributed by atoms with Gasteiger partial charge in [0.1, 0.15) is 11.8 Å². The van der Waals surface area contributed by atoms with E-state index in [-0.39, 0.29) is 18.1 Å². The highest BCUT2D eigenvalue weighted by Crippen LogP contribution is 2.22. The third kappa shape index (κ3) is 2.23. The molecular formula is C10H14N2O3S. The minimum atomic E-state index is -0.632. The van der Waals surface area contributed by atoms with Crippen LogP contribution in [0.1, 0.15) is 23.3 Å². The zero-order chi connectivity index (χ0) is 11.5. The molecular weight excluding hydrogens is 228 g/mol. The Morgan fingerprint density at radius 1 is 1.69 bits per heavy atom. The molecule has 0 aliphatic heterocycles. The van der Waals surface area contributed by atoms with E-state index in [2.05, 4.69) is 10.3 Å². The van der Waals surface area contributed by atoms with Gasteiger partial charge < -0.3 is 15.2 Å². The number of methoxy groups -OCH3 is 1. The van der Waals surface area contributed by atoms with Gasteiger partial charge in [-0.2, -0.15) is 0 Å².